The molecule has 0 aliphatic heterocycles. The van der Waals surface area contributed by atoms with Crippen LogP contribution >= 0.6 is 34.8 Å². The monoisotopic (exact) mass is 286 g/mol. The number of benzene rings is 1. The van der Waals surface area contributed by atoms with Crippen molar-refractivity contribution in [3.63, 3.8) is 0 Å². The van der Waals surface area contributed by atoms with Gasteiger partial charge in [0.2, 0.25) is 0 Å². The van der Waals surface area contributed by atoms with E-state index in [0.29, 0.717) is 33.1 Å². The number of nitrogens with zero attached hydrogens (tertiary/aromatic N) is 2. The maximum Gasteiger partial charge on any atom is 0.142 e. The Hall–Kier alpha value is -0.830. The van der Waals surface area contributed by atoms with Gasteiger partial charge in [-0.2, -0.15) is 0 Å². The standard InChI is InChI=1S/C12H9Cl3N2/c1-2-9-16-11(14)10(12(15)17-9)7-4-3-5-8(13)6-7/h3-6H,2H2,1H3. The third-order valence-corrected chi connectivity index (χ3v) is 3.08. The Morgan fingerprint density at radius 1 is 1.06 bits per heavy atom. The van der Waals surface area contributed by atoms with E-state index in [9.17, 15) is 0 Å². The van der Waals surface area contributed by atoms with Crippen LogP contribution in [0.1, 0.15) is 12.7 Å². The minimum Gasteiger partial charge on any atom is -0.220 e. The first-order valence-corrected chi connectivity index (χ1v) is 6.23. The molecule has 0 bridgehead atoms. The van der Waals surface area contributed by atoms with E-state index >= 15 is 0 Å². The lowest BCUT2D eigenvalue weighted by Gasteiger charge is -2.07. The highest BCUT2D eigenvalue weighted by atomic mass is 35.5. The molecule has 88 valence electrons. The summed E-state index contributed by atoms with van der Waals surface area (Å²) in [7, 11) is 0. The number of aromatic nitrogens is 2. The topological polar surface area (TPSA) is 25.8 Å². The van der Waals surface area contributed by atoms with E-state index in [2.05, 4.69) is 9.97 Å². The molecule has 2 aromatic rings. The number of rotatable bonds is 2. The first kappa shape index (κ1) is 12.6. The number of aryl methyl sites for hydroxylation is 1. The molecule has 0 N–H and O–H groups in total. The van der Waals surface area contributed by atoms with Gasteiger partial charge < -0.3 is 0 Å². The van der Waals surface area contributed by atoms with Crippen molar-refractivity contribution in [1.29, 1.82) is 0 Å². The van der Waals surface area contributed by atoms with Gasteiger partial charge >= 0.3 is 0 Å². The van der Waals surface area contributed by atoms with Gasteiger partial charge in [-0.3, -0.25) is 0 Å². The van der Waals surface area contributed by atoms with E-state index < -0.39 is 0 Å². The summed E-state index contributed by atoms with van der Waals surface area (Å²) in [5.74, 6) is 0.630. The fourth-order valence-electron chi connectivity index (χ4n) is 1.49. The summed E-state index contributed by atoms with van der Waals surface area (Å²) < 4.78 is 0. The van der Waals surface area contributed by atoms with E-state index in [4.69, 9.17) is 34.8 Å². The molecule has 0 aliphatic rings. The van der Waals surface area contributed by atoms with Gasteiger partial charge in [-0.15, -0.1) is 0 Å². The summed E-state index contributed by atoms with van der Waals surface area (Å²) in [6, 6.07) is 7.27. The molecule has 0 atom stereocenters. The van der Waals surface area contributed by atoms with Crippen molar-refractivity contribution >= 4 is 34.8 Å². The van der Waals surface area contributed by atoms with Crippen LogP contribution in [0.2, 0.25) is 15.3 Å². The molecular formula is C12H9Cl3N2. The third kappa shape index (κ3) is 2.71. The van der Waals surface area contributed by atoms with E-state index in [1.54, 1.807) is 12.1 Å². The normalized spacial score (nSPS) is 10.6. The van der Waals surface area contributed by atoms with Crippen LogP contribution in [0, 0.1) is 0 Å². The van der Waals surface area contributed by atoms with Crippen molar-refractivity contribution in [3.8, 4) is 11.1 Å². The Labute approximate surface area is 115 Å². The average Bonchev–Trinajstić information content (AvgIpc) is 2.28. The van der Waals surface area contributed by atoms with Crippen LogP contribution in [-0.2, 0) is 6.42 Å². The van der Waals surface area contributed by atoms with Gasteiger partial charge in [-0.25, -0.2) is 9.97 Å². The Bertz CT molecular complexity index is 532. The second kappa shape index (κ2) is 5.21. The van der Waals surface area contributed by atoms with Crippen LogP contribution in [-0.4, -0.2) is 9.97 Å². The van der Waals surface area contributed by atoms with Gasteiger partial charge in [0, 0.05) is 11.4 Å². The minimum absolute atomic E-state index is 0.351. The average molecular weight is 288 g/mol. The molecule has 5 heteroatoms. The zero-order valence-corrected chi connectivity index (χ0v) is 11.3. The summed E-state index contributed by atoms with van der Waals surface area (Å²) in [4.78, 5) is 8.37. The molecule has 0 spiro atoms. The van der Waals surface area contributed by atoms with E-state index in [0.717, 1.165) is 5.56 Å². The van der Waals surface area contributed by atoms with Crippen LogP contribution in [0.15, 0.2) is 24.3 Å². The van der Waals surface area contributed by atoms with Crippen molar-refractivity contribution < 1.29 is 0 Å². The summed E-state index contributed by atoms with van der Waals surface area (Å²) in [6.07, 6.45) is 0.690. The smallest absolute Gasteiger partial charge is 0.142 e. The second-order valence-electron chi connectivity index (χ2n) is 3.46. The zero-order chi connectivity index (χ0) is 12.4. The second-order valence-corrected chi connectivity index (χ2v) is 4.61. The summed E-state index contributed by atoms with van der Waals surface area (Å²) >= 11 is 18.2. The molecule has 0 saturated heterocycles. The van der Waals surface area contributed by atoms with Crippen molar-refractivity contribution in [3.05, 3.63) is 45.4 Å². The van der Waals surface area contributed by atoms with Crippen LogP contribution in [0.5, 0.6) is 0 Å². The molecule has 1 aromatic carbocycles. The van der Waals surface area contributed by atoms with Gasteiger partial charge in [-0.1, -0.05) is 53.9 Å². The molecule has 0 fully saturated rings. The largest absolute Gasteiger partial charge is 0.220 e. The minimum atomic E-state index is 0.351. The van der Waals surface area contributed by atoms with Crippen LogP contribution < -0.4 is 0 Å². The first-order valence-electron chi connectivity index (χ1n) is 5.09. The molecule has 0 saturated carbocycles. The maximum absolute atomic E-state index is 6.12. The van der Waals surface area contributed by atoms with Gasteiger partial charge in [-0.05, 0) is 17.7 Å². The predicted molar refractivity (Wildman–Crippen MR) is 71.9 cm³/mol. The van der Waals surface area contributed by atoms with E-state index in [-0.39, 0.29) is 0 Å². The van der Waals surface area contributed by atoms with Crippen molar-refractivity contribution in [1.82, 2.24) is 9.97 Å². The molecule has 0 radical (unpaired) electrons. The Morgan fingerprint density at radius 2 is 1.71 bits per heavy atom. The highest BCUT2D eigenvalue weighted by Crippen LogP contribution is 2.33. The summed E-state index contributed by atoms with van der Waals surface area (Å²) in [5.41, 5.74) is 1.43. The molecule has 1 aromatic heterocycles. The molecular weight excluding hydrogens is 279 g/mol. The Morgan fingerprint density at radius 3 is 2.24 bits per heavy atom. The lowest BCUT2D eigenvalue weighted by atomic mass is 10.1. The van der Waals surface area contributed by atoms with Crippen LogP contribution in [0.25, 0.3) is 11.1 Å². The van der Waals surface area contributed by atoms with Gasteiger partial charge in [0.1, 0.15) is 16.1 Å². The molecule has 1 heterocycles. The molecule has 0 unspecified atom stereocenters. The molecule has 0 aliphatic carbocycles. The quantitative estimate of drug-likeness (QED) is 0.750. The SMILES string of the molecule is CCc1nc(Cl)c(-c2cccc(Cl)c2)c(Cl)n1. The number of hydrogen-bond donors (Lipinski definition) is 0. The summed E-state index contributed by atoms with van der Waals surface area (Å²) in [6.45, 7) is 1.95. The lowest BCUT2D eigenvalue weighted by molar-refractivity contribution is 0.942. The van der Waals surface area contributed by atoms with Gasteiger partial charge in [0.15, 0.2) is 0 Å². The molecule has 2 nitrogen and oxygen atoms in total. The third-order valence-electron chi connectivity index (χ3n) is 2.30. The predicted octanol–water partition coefficient (Wildman–Crippen LogP) is 4.67. The first-order chi connectivity index (χ1) is 8.11. The fourth-order valence-corrected chi connectivity index (χ4v) is 2.32. The highest BCUT2D eigenvalue weighted by Gasteiger charge is 2.13. The van der Waals surface area contributed by atoms with Crippen LogP contribution in [0.4, 0.5) is 0 Å². The van der Waals surface area contributed by atoms with E-state index in [1.807, 2.05) is 19.1 Å². The molecule has 17 heavy (non-hydrogen) atoms. The van der Waals surface area contributed by atoms with Crippen molar-refractivity contribution in [2.75, 3.05) is 0 Å². The maximum atomic E-state index is 6.12. The van der Waals surface area contributed by atoms with Gasteiger partial charge in [0.05, 0.1) is 5.56 Å². The van der Waals surface area contributed by atoms with Crippen LogP contribution in [0.3, 0.4) is 0 Å². The van der Waals surface area contributed by atoms with Crippen molar-refractivity contribution in [2.45, 2.75) is 13.3 Å². The Balaban J connectivity index is 2.60. The van der Waals surface area contributed by atoms with Gasteiger partial charge in [0.25, 0.3) is 0 Å². The number of halogens is 3. The highest BCUT2D eigenvalue weighted by molar-refractivity contribution is 6.38. The summed E-state index contributed by atoms with van der Waals surface area (Å²) in [5, 5.41) is 1.32. The van der Waals surface area contributed by atoms with E-state index in [1.165, 1.54) is 0 Å². The molecule has 2 rings (SSSR count). The number of hydrogen-bond acceptors (Lipinski definition) is 2. The zero-order valence-electron chi connectivity index (χ0n) is 9.04. The molecule has 0 amide bonds. The fraction of sp³-hybridized carbons (Fsp3) is 0.167. The van der Waals surface area contributed by atoms with Crippen molar-refractivity contribution in [2.24, 2.45) is 0 Å². The lowest BCUT2D eigenvalue weighted by Crippen LogP contribution is -1.96. The Kier molecular flexibility index (Phi) is 3.87.